The third kappa shape index (κ3) is 3.51. The van der Waals surface area contributed by atoms with Crippen LogP contribution in [-0.2, 0) is 0 Å². The zero-order valence-electron chi connectivity index (χ0n) is 12.0. The third-order valence-corrected chi connectivity index (χ3v) is 4.41. The number of piperidine rings is 1. The summed E-state index contributed by atoms with van der Waals surface area (Å²) >= 11 is 6.03. The minimum absolute atomic E-state index is 0.280. The zero-order chi connectivity index (χ0) is 13.9. The maximum absolute atomic E-state index is 6.03. The maximum atomic E-state index is 6.03. The van der Waals surface area contributed by atoms with Gasteiger partial charge in [-0.25, -0.2) is 0 Å². The molecule has 1 saturated carbocycles. The number of halogens is 1. The molecule has 2 heterocycles. The van der Waals surface area contributed by atoms with Crippen LogP contribution in [0.25, 0.3) is 0 Å². The second-order valence-corrected chi connectivity index (χ2v) is 6.31. The highest BCUT2D eigenvalue weighted by atomic mass is 35.5. The molecule has 0 spiro atoms. The van der Waals surface area contributed by atoms with Crippen LogP contribution in [0.1, 0.15) is 39.0 Å². The predicted molar refractivity (Wildman–Crippen MR) is 81.3 cm³/mol. The fourth-order valence-electron chi connectivity index (χ4n) is 2.74. The normalized spacial score (nSPS) is 20.8. The number of nitrogens with zero attached hydrogens (tertiary/aromatic N) is 4. The highest BCUT2D eigenvalue weighted by Crippen LogP contribution is 2.36. The van der Waals surface area contributed by atoms with Crippen LogP contribution in [0.2, 0.25) is 5.28 Å². The van der Waals surface area contributed by atoms with Crippen molar-refractivity contribution in [2.24, 2.45) is 11.8 Å². The molecular formula is C14H22ClN5. The van der Waals surface area contributed by atoms with Crippen LogP contribution in [0.15, 0.2) is 0 Å². The molecule has 0 amide bonds. The number of hydrogen-bond donors (Lipinski definition) is 1. The molecular weight excluding hydrogens is 274 g/mol. The molecule has 1 aliphatic carbocycles. The topological polar surface area (TPSA) is 53.9 Å². The first kappa shape index (κ1) is 13.9. The molecule has 0 aromatic carbocycles. The summed E-state index contributed by atoms with van der Waals surface area (Å²) in [5, 5.41) is 3.59. The van der Waals surface area contributed by atoms with Crippen molar-refractivity contribution in [3.63, 3.8) is 0 Å². The monoisotopic (exact) mass is 295 g/mol. The van der Waals surface area contributed by atoms with E-state index in [0.29, 0.717) is 17.8 Å². The van der Waals surface area contributed by atoms with Crippen LogP contribution >= 0.6 is 11.6 Å². The Morgan fingerprint density at radius 3 is 2.65 bits per heavy atom. The van der Waals surface area contributed by atoms with Crippen molar-refractivity contribution in [3.05, 3.63) is 5.28 Å². The summed E-state index contributed by atoms with van der Waals surface area (Å²) in [5.41, 5.74) is 0. The van der Waals surface area contributed by atoms with Gasteiger partial charge in [0.15, 0.2) is 0 Å². The molecule has 1 atom stereocenters. The van der Waals surface area contributed by atoms with E-state index in [1.807, 2.05) is 0 Å². The van der Waals surface area contributed by atoms with Crippen molar-refractivity contribution in [1.82, 2.24) is 15.0 Å². The van der Waals surface area contributed by atoms with Gasteiger partial charge in [0.05, 0.1) is 0 Å². The summed E-state index contributed by atoms with van der Waals surface area (Å²) in [7, 11) is 0. The molecule has 1 aromatic heterocycles. The molecule has 6 heteroatoms. The number of hydrogen-bond acceptors (Lipinski definition) is 5. The van der Waals surface area contributed by atoms with E-state index in [9.17, 15) is 0 Å². The van der Waals surface area contributed by atoms with Crippen LogP contribution in [0.3, 0.4) is 0 Å². The zero-order valence-corrected chi connectivity index (χ0v) is 12.7. The number of nitrogens with one attached hydrogen (secondary N) is 1. The fourth-order valence-corrected chi connectivity index (χ4v) is 2.89. The standard InChI is InChI=1S/C14H22ClN5/c1-10(11-5-6-11)9-16-13-17-12(15)18-14(19-13)20-7-3-2-4-8-20/h10-11H,2-9H2,1H3,(H,16,17,18,19). The highest BCUT2D eigenvalue weighted by Gasteiger charge is 2.27. The molecule has 20 heavy (non-hydrogen) atoms. The average Bonchev–Trinajstić information content (AvgIpc) is 3.30. The Morgan fingerprint density at radius 2 is 1.95 bits per heavy atom. The van der Waals surface area contributed by atoms with E-state index in [1.54, 1.807) is 0 Å². The Labute approximate surface area is 125 Å². The van der Waals surface area contributed by atoms with Gasteiger partial charge in [-0.2, -0.15) is 15.0 Å². The van der Waals surface area contributed by atoms with Crippen LogP contribution in [0.4, 0.5) is 11.9 Å². The van der Waals surface area contributed by atoms with E-state index in [-0.39, 0.29) is 5.28 Å². The first-order chi connectivity index (χ1) is 9.72. The summed E-state index contributed by atoms with van der Waals surface area (Å²) in [6, 6.07) is 0. The smallest absolute Gasteiger partial charge is 0.231 e. The van der Waals surface area contributed by atoms with E-state index in [2.05, 4.69) is 32.1 Å². The van der Waals surface area contributed by atoms with Gasteiger partial charge in [0.1, 0.15) is 0 Å². The molecule has 0 radical (unpaired) electrons. The average molecular weight is 296 g/mol. The van der Waals surface area contributed by atoms with Gasteiger partial charge in [0, 0.05) is 19.6 Å². The SMILES string of the molecule is CC(CNc1nc(Cl)nc(N2CCCCC2)n1)C1CC1. The Balaban J connectivity index is 1.65. The molecule has 1 aromatic rings. The molecule has 2 aliphatic rings. The Morgan fingerprint density at radius 1 is 1.20 bits per heavy atom. The Kier molecular flexibility index (Phi) is 4.24. The summed E-state index contributed by atoms with van der Waals surface area (Å²) in [6.45, 7) is 5.21. The van der Waals surface area contributed by atoms with E-state index in [4.69, 9.17) is 11.6 Å². The largest absolute Gasteiger partial charge is 0.354 e. The van der Waals surface area contributed by atoms with Crippen molar-refractivity contribution in [1.29, 1.82) is 0 Å². The second-order valence-electron chi connectivity index (χ2n) is 5.97. The number of rotatable bonds is 5. The van der Waals surface area contributed by atoms with Crippen molar-refractivity contribution < 1.29 is 0 Å². The van der Waals surface area contributed by atoms with Crippen molar-refractivity contribution >= 4 is 23.5 Å². The van der Waals surface area contributed by atoms with Crippen molar-refractivity contribution in [3.8, 4) is 0 Å². The Bertz CT molecular complexity index is 457. The quantitative estimate of drug-likeness (QED) is 0.905. The van der Waals surface area contributed by atoms with Gasteiger partial charge in [-0.3, -0.25) is 0 Å². The minimum atomic E-state index is 0.280. The minimum Gasteiger partial charge on any atom is -0.354 e. The van der Waals surface area contributed by atoms with Crippen LogP contribution < -0.4 is 10.2 Å². The first-order valence-electron chi connectivity index (χ1n) is 7.63. The van der Waals surface area contributed by atoms with Gasteiger partial charge in [-0.05, 0) is 55.5 Å². The molecule has 0 bridgehead atoms. The summed E-state index contributed by atoms with van der Waals surface area (Å²) in [6.07, 6.45) is 6.41. The molecule has 5 nitrogen and oxygen atoms in total. The molecule has 2 fully saturated rings. The summed E-state index contributed by atoms with van der Waals surface area (Å²) in [5.74, 6) is 2.87. The van der Waals surface area contributed by atoms with Crippen LogP contribution in [0.5, 0.6) is 0 Å². The maximum Gasteiger partial charge on any atom is 0.231 e. The van der Waals surface area contributed by atoms with Crippen molar-refractivity contribution in [2.45, 2.75) is 39.0 Å². The first-order valence-corrected chi connectivity index (χ1v) is 8.00. The van der Waals surface area contributed by atoms with Crippen LogP contribution in [0, 0.1) is 11.8 Å². The molecule has 1 aliphatic heterocycles. The number of anilines is 2. The third-order valence-electron chi connectivity index (χ3n) is 4.24. The van der Waals surface area contributed by atoms with E-state index < -0.39 is 0 Å². The highest BCUT2D eigenvalue weighted by molar-refractivity contribution is 6.28. The Hall–Kier alpha value is -1.10. The van der Waals surface area contributed by atoms with Gasteiger partial charge in [0.25, 0.3) is 0 Å². The van der Waals surface area contributed by atoms with Gasteiger partial charge in [0.2, 0.25) is 17.2 Å². The lowest BCUT2D eigenvalue weighted by molar-refractivity contribution is 0.534. The van der Waals surface area contributed by atoms with Gasteiger partial charge >= 0.3 is 0 Å². The molecule has 1 saturated heterocycles. The number of aromatic nitrogens is 3. The summed E-state index contributed by atoms with van der Waals surface area (Å²) in [4.78, 5) is 15.2. The van der Waals surface area contributed by atoms with Gasteiger partial charge < -0.3 is 10.2 Å². The molecule has 110 valence electrons. The van der Waals surface area contributed by atoms with Crippen LogP contribution in [-0.4, -0.2) is 34.6 Å². The van der Waals surface area contributed by atoms with Gasteiger partial charge in [-0.15, -0.1) is 0 Å². The lowest BCUT2D eigenvalue weighted by atomic mass is 10.1. The molecule has 1 N–H and O–H groups in total. The lowest BCUT2D eigenvalue weighted by Crippen LogP contribution is -2.31. The molecule has 1 unspecified atom stereocenters. The predicted octanol–water partition coefficient (Wildman–Crippen LogP) is 2.97. The lowest BCUT2D eigenvalue weighted by Gasteiger charge is -2.26. The fraction of sp³-hybridized carbons (Fsp3) is 0.786. The summed E-state index contributed by atoms with van der Waals surface area (Å²) < 4.78 is 0. The van der Waals surface area contributed by atoms with E-state index >= 15 is 0 Å². The second kappa shape index (κ2) is 6.12. The van der Waals surface area contributed by atoms with E-state index in [0.717, 1.165) is 25.6 Å². The van der Waals surface area contributed by atoms with E-state index in [1.165, 1.54) is 32.1 Å². The van der Waals surface area contributed by atoms with Crippen molar-refractivity contribution in [2.75, 3.05) is 29.9 Å². The molecule has 3 rings (SSSR count). The van der Waals surface area contributed by atoms with Gasteiger partial charge in [-0.1, -0.05) is 6.92 Å².